The second-order valence-corrected chi connectivity index (χ2v) is 5.41. The highest BCUT2D eigenvalue weighted by molar-refractivity contribution is 7.89. The molecule has 0 aliphatic heterocycles. The lowest BCUT2D eigenvalue weighted by molar-refractivity contribution is 0.450. The summed E-state index contributed by atoms with van der Waals surface area (Å²) >= 11 is 0. The van der Waals surface area contributed by atoms with Crippen molar-refractivity contribution in [2.24, 2.45) is 0 Å². The summed E-state index contributed by atoms with van der Waals surface area (Å²) in [7, 11) is -3.35. The summed E-state index contributed by atoms with van der Waals surface area (Å²) in [6, 6.07) is 2.28. The Bertz CT molecular complexity index is 573. The third-order valence-electron chi connectivity index (χ3n) is 2.17. The van der Waals surface area contributed by atoms with Crippen LogP contribution in [0.5, 0.6) is 0 Å². The van der Waals surface area contributed by atoms with Crippen molar-refractivity contribution in [3.05, 3.63) is 29.6 Å². The molecule has 0 heterocycles. The van der Waals surface area contributed by atoms with Crippen LogP contribution < -0.4 is 0 Å². The molecule has 1 rings (SSSR count). The van der Waals surface area contributed by atoms with Gasteiger partial charge in [0.05, 0.1) is 6.07 Å². The molecule has 0 amide bonds. The van der Waals surface area contributed by atoms with Crippen LogP contribution in [0.1, 0.15) is 6.42 Å². The van der Waals surface area contributed by atoms with E-state index in [4.69, 9.17) is 5.26 Å². The van der Waals surface area contributed by atoms with E-state index < -0.39 is 32.4 Å². The van der Waals surface area contributed by atoms with E-state index in [2.05, 4.69) is 0 Å². The van der Waals surface area contributed by atoms with Crippen molar-refractivity contribution >= 4 is 10.0 Å². The van der Waals surface area contributed by atoms with E-state index in [1.165, 1.54) is 0 Å². The van der Waals surface area contributed by atoms with Gasteiger partial charge in [-0.05, 0) is 0 Å². The first-order valence-electron chi connectivity index (χ1n) is 4.78. The zero-order chi connectivity index (χ0) is 13.9. The maximum atomic E-state index is 13.3. The molecule has 0 fully saturated rings. The van der Waals surface area contributed by atoms with Crippen molar-refractivity contribution in [3.63, 3.8) is 0 Å². The molecule has 0 spiro atoms. The third kappa shape index (κ3) is 2.80. The lowest BCUT2D eigenvalue weighted by Crippen LogP contribution is -2.29. The van der Waals surface area contributed by atoms with E-state index in [0.717, 1.165) is 7.05 Å². The summed E-state index contributed by atoms with van der Waals surface area (Å²) in [5.74, 6) is -4.21. The number of halogens is 3. The van der Waals surface area contributed by atoms with Gasteiger partial charge in [-0.3, -0.25) is 0 Å². The minimum Gasteiger partial charge on any atom is -0.207 e. The van der Waals surface area contributed by atoms with Crippen LogP contribution in [0, 0.1) is 28.8 Å². The van der Waals surface area contributed by atoms with Gasteiger partial charge >= 0.3 is 0 Å². The Morgan fingerprint density at radius 3 is 2.22 bits per heavy atom. The van der Waals surface area contributed by atoms with Crippen molar-refractivity contribution in [2.75, 3.05) is 13.6 Å². The van der Waals surface area contributed by atoms with Gasteiger partial charge in [-0.25, -0.2) is 21.6 Å². The predicted molar refractivity (Wildman–Crippen MR) is 56.4 cm³/mol. The quantitative estimate of drug-likeness (QED) is 0.841. The largest absolute Gasteiger partial charge is 0.248 e. The van der Waals surface area contributed by atoms with Gasteiger partial charge in [0.1, 0.15) is 17.5 Å². The Balaban J connectivity index is 3.26. The first-order valence-corrected chi connectivity index (χ1v) is 6.22. The van der Waals surface area contributed by atoms with E-state index in [-0.39, 0.29) is 25.1 Å². The Morgan fingerprint density at radius 1 is 1.28 bits per heavy atom. The van der Waals surface area contributed by atoms with Crippen LogP contribution >= 0.6 is 0 Å². The number of nitrogens with zero attached hydrogens (tertiary/aromatic N) is 2. The van der Waals surface area contributed by atoms with E-state index in [1.54, 1.807) is 6.07 Å². The summed E-state index contributed by atoms with van der Waals surface area (Å²) < 4.78 is 63.6. The average Bonchev–Trinajstić information content (AvgIpc) is 2.23. The Kier molecular flexibility index (Phi) is 4.32. The van der Waals surface area contributed by atoms with Crippen LogP contribution in [0.3, 0.4) is 0 Å². The maximum Gasteiger partial charge on any atom is 0.248 e. The monoisotopic (exact) mass is 278 g/mol. The Hall–Kier alpha value is -1.59. The lowest BCUT2D eigenvalue weighted by Gasteiger charge is -2.16. The van der Waals surface area contributed by atoms with Crippen molar-refractivity contribution in [1.82, 2.24) is 4.31 Å². The van der Waals surface area contributed by atoms with Crippen molar-refractivity contribution in [1.29, 1.82) is 5.26 Å². The van der Waals surface area contributed by atoms with Gasteiger partial charge < -0.3 is 0 Å². The van der Waals surface area contributed by atoms with Gasteiger partial charge in [-0.15, -0.1) is 0 Å². The molecule has 0 saturated carbocycles. The van der Waals surface area contributed by atoms with Gasteiger partial charge in [0, 0.05) is 32.1 Å². The van der Waals surface area contributed by atoms with E-state index in [0.29, 0.717) is 4.31 Å². The Labute approximate surface area is 102 Å². The molecular formula is C10H9F3N2O2S. The molecule has 0 bridgehead atoms. The summed E-state index contributed by atoms with van der Waals surface area (Å²) in [4.78, 5) is -1.22. The van der Waals surface area contributed by atoms with Gasteiger partial charge in [0.2, 0.25) is 10.0 Å². The van der Waals surface area contributed by atoms with Crippen molar-refractivity contribution in [3.8, 4) is 6.07 Å². The second kappa shape index (κ2) is 5.37. The van der Waals surface area contributed by atoms with Crippen LogP contribution in [0.4, 0.5) is 13.2 Å². The van der Waals surface area contributed by atoms with Gasteiger partial charge in [0.15, 0.2) is 4.90 Å². The van der Waals surface area contributed by atoms with E-state index in [1.807, 2.05) is 0 Å². The lowest BCUT2D eigenvalue weighted by atomic mass is 10.3. The highest BCUT2D eigenvalue weighted by Gasteiger charge is 2.28. The third-order valence-corrected chi connectivity index (χ3v) is 4.08. The summed E-state index contributed by atoms with van der Waals surface area (Å²) in [5, 5.41) is 8.33. The van der Waals surface area contributed by atoms with Crippen LogP contribution in [-0.4, -0.2) is 26.3 Å². The topological polar surface area (TPSA) is 61.2 Å². The molecule has 18 heavy (non-hydrogen) atoms. The molecule has 0 N–H and O–H groups in total. The predicted octanol–water partition coefficient (Wildman–Crippen LogP) is 1.64. The maximum absolute atomic E-state index is 13.3. The highest BCUT2D eigenvalue weighted by Crippen LogP contribution is 2.23. The fourth-order valence-electron chi connectivity index (χ4n) is 1.26. The van der Waals surface area contributed by atoms with Gasteiger partial charge in [-0.2, -0.15) is 9.57 Å². The molecule has 1 aromatic carbocycles. The number of sulfonamides is 1. The molecule has 0 radical (unpaired) electrons. The van der Waals surface area contributed by atoms with Gasteiger partial charge in [0.25, 0.3) is 0 Å². The first kappa shape index (κ1) is 14.5. The molecular weight excluding hydrogens is 269 g/mol. The number of benzene rings is 1. The smallest absolute Gasteiger partial charge is 0.207 e. The molecule has 8 heteroatoms. The van der Waals surface area contributed by atoms with E-state index in [9.17, 15) is 21.6 Å². The standard InChI is InChI=1S/C10H9F3N2O2S/c1-15(4-2-3-14)18(16,17)10-8(12)5-7(11)6-9(10)13/h5-6H,2,4H2,1H3. The second-order valence-electron chi connectivity index (χ2n) is 3.43. The fraction of sp³-hybridized carbons (Fsp3) is 0.300. The van der Waals surface area contributed by atoms with Crippen molar-refractivity contribution < 1.29 is 21.6 Å². The number of hydrogen-bond acceptors (Lipinski definition) is 3. The summed E-state index contributed by atoms with van der Waals surface area (Å²) in [5.41, 5.74) is 0. The van der Waals surface area contributed by atoms with Crippen LogP contribution in [0.25, 0.3) is 0 Å². The number of nitriles is 1. The summed E-state index contributed by atoms with van der Waals surface area (Å²) in [6.07, 6.45) is -0.125. The molecule has 1 aromatic rings. The number of rotatable bonds is 4. The minimum atomic E-state index is -4.42. The van der Waals surface area contributed by atoms with Crippen LogP contribution in [0.2, 0.25) is 0 Å². The molecule has 4 nitrogen and oxygen atoms in total. The van der Waals surface area contributed by atoms with Crippen LogP contribution in [0.15, 0.2) is 17.0 Å². The minimum absolute atomic E-state index is 0.125. The molecule has 0 aromatic heterocycles. The average molecular weight is 278 g/mol. The SMILES string of the molecule is CN(CCC#N)S(=O)(=O)c1c(F)cc(F)cc1F. The Morgan fingerprint density at radius 2 is 1.78 bits per heavy atom. The molecule has 0 aliphatic carbocycles. The highest BCUT2D eigenvalue weighted by atomic mass is 32.2. The van der Waals surface area contributed by atoms with E-state index >= 15 is 0 Å². The molecule has 0 atom stereocenters. The van der Waals surface area contributed by atoms with Gasteiger partial charge in [-0.1, -0.05) is 0 Å². The molecule has 0 saturated heterocycles. The fourth-order valence-corrected chi connectivity index (χ4v) is 2.51. The zero-order valence-electron chi connectivity index (χ0n) is 9.32. The first-order chi connectivity index (χ1) is 8.30. The molecule has 98 valence electrons. The molecule has 0 unspecified atom stereocenters. The van der Waals surface area contributed by atoms with Crippen molar-refractivity contribution in [2.45, 2.75) is 11.3 Å². The normalized spacial score (nSPS) is 11.6. The summed E-state index contributed by atoms with van der Waals surface area (Å²) in [6.45, 7) is -0.213. The van der Waals surface area contributed by atoms with Crippen LogP contribution in [-0.2, 0) is 10.0 Å². The number of hydrogen-bond donors (Lipinski definition) is 0. The molecule has 0 aliphatic rings. The zero-order valence-corrected chi connectivity index (χ0v) is 10.1.